The standard InChI is InChI=1S/C18H18O2/c1-20-17(19)18(12-5-13-18)16-10-8-15(9-11-16)14-6-3-2-4-7-14/h2-4,6-11H,5,12-13H2,1H3. The summed E-state index contributed by atoms with van der Waals surface area (Å²) in [5, 5.41) is 0. The molecule has 102 valence electrons. The minimum absolute atomic E-state index is 0.101. The van der Waals surface area contributed by atoms with Crippen molar-refractivity contribution in [2.24, 2.45) is 0 Å². The van der Waals surface area contributed by atoms with E-state index in [2.05, 4.69) is 36.4 Å². The van der Waals surface area contributed by atoms with Crippen LogP contribution in [-0.2, 0) is 14.9 Å². The van der Waals surface area contributed by atoms with Gasteiger partial charge in [-0.2, -0.15) is 0 Å². The molecule has 0 radical (unpaired) electrons. The molecule has 2 aromatic carbocycles. The molecule has 0 unspecified atom stereocenters. The molecule has 0 aromatic heterocycles. The van der Waals surface area contributed by atoms with Crippen molar-refractivity contribution in [2.45, 2.75) is 24.7 Å². The van der Waals surface area contributed by atoms with Crippen molar-refractivity contribution in [2.75, 3.05) is 7.11 Å². The number of ether oxygens (including phenoxy) is 1. The van der Waals surface area contributed by atoms with Gasteiger partial charge in [-0.1, -0.05) is 61.0 Å². The number of rotatable bonds is 3. The van der Waals surface area contributed by atoms with Gasteiger partial charge in [0.05, 0.1) is 12.5 Å². The molecule has 0 heterocycles. The lowest BCUT2D eigenvalue weighted by molar-refractivity contribution is -0.151. The summed E-state index contributed by atoms with van der Waals surface area (Å²) in [6.07, 6.45) is 2.88. The summed E-state index contributed by atoms with van der Waals surface area (Å²) in [4.78, 5) is 12.0. The smallest absolute Gasteiger partial charge is 0.316 e. The van der Waals surface area contributed by atoms with Gasteiger partial charge in [0.15, 0.2) is 0 Å². The summed E-state index contributed by atoms with van der Waals surface area (Å²) < 4.78 is 4.99. The fourth-order valence-corrected chi connectivity index (χ4v) is 2.95. The van der Waals surface area contributed by atoms with E-state index in [0.29, 0.717) is 0 Å². The van der Waals surface area contributed by atoms with Crippen LogP contribution in [0.2, 0.25) is 0 Å². The van der Waals surface area contributed by atoms with E-state index >= 15 is 0 Å². The van der Waals surface area contributed by atoms with Gasteiger partial charge in [-0.3, -0.25) is 4.79 Å². The van der Waals surface area contributed by atoms with Gasteiger partial charge in [-0.25, -0.2) is 0 Å². The van der Waals surface area contributed by atoms with Gasteiger partial charge in [0.2, 0.25) is 0 Å². The zero-order chi connectivity index (χ0) is 14.0. The van der Waals surface area contributed by atoms with Crippen LogP contribution in [0.15, 0.2) is 54.6 Å². The lowest BCUT2D eigenvalue weighted by Gasteiger charge is -2.39. The molecule has 2 heteroatoms. The second-order valence-corrected chi connectivity index (χ2v) is 5.37. The van der Waals surface area contributed by atoms with Gasteiger partial charge in [0.1, 0.15) is 0 Å². The molecule has 0 bridgehead atoms. The van der Waals surface area contributed by atoms with Crippen LogP contribution in [0.3, 0.4) is 0 Å². The summed E-state index contributed by atoms with van der Waals surface area (Å²) in [7, 11) is 1.47. The Hall–Kier alpha value is -2.09. The average molecular weight is 266 g/mol. The Kier molecular flexibility index (Phi) is 3.31. The lowest BCUT2D eigenvalue weighted by atomic mass is 9.64. The molecule has 0 N–H and O–H groups in total. The Bertz CT molecular complexity index is 595. The van der Waals surface area contributed by atoms with Gasteiger partial charge in [0.25, 0.3) is 0 Å². The zero-order valence-corrected chi connectivity index (χ0v) is 11.6. The molecule has 2 aromatic rings. The molecular weight excluding hydrogens is 248 g/mol. The molecule has 20 heavy (non-hydrogen) atoms. The number of benzene rings is 2. The maximum atomic E-state index is 12.0. The predicted molar refractivity (Wildman–Crippen MR) is 79.4 cm³/mol. The topological polar surface area (TPSA) is 26.3 Å². The third kappa shape index (κ3) is 2.01. The number of carbonyl (C=O) groups is 1. The fourth-order valence-electron chi connectivity index (χ4n) is 2.95. The number of esters is 1. The van der Waals surface area contributed by atoms with Crippen molar-refractivity contribution in [3.05, 3.63) is 60.2 Å². The number of hydrogen-bond donors (Lipinski definition) is 0. The van der Waals surface area contributed by atoms with Crippen molar-refractivity contribution in [3.8, 4) is 11.1 Å². The Morgan fingerprint density at radius 1 is 0.950 bits per heavy atom. The van der Waals surface area contributed by atoms with E-state index in [-0.39, 0.29) is 5.97 Å². The molecule has 2 nitrogen and oxygen atoms in total. The Labute approximate surface area is 119 Å². The molecule has 1 aliphatic carbocycles. The van der Waals surface area contributed by atoms with E-state index in [4.69, 9.17) is 4.74 Å². The minimum Gasteiger partial charge on any atom is -0.468 e. The number of hydrogen-bond acceptors (Lipinski definition) is 2. The van der Waals surface area contributed by atoms with Gasteiger partial charge in [-0.05, 0) is 29.5 Å². The highest BCUT2D eigenvalue weighted by Gasteiger charge is 2.46. The van der Waals surface area contributed by atoms with Crippen LogP contribution < -0.4 is 0 Å². The average Bonchev–Trinajstić information content (AvgIpc) is 2.47. The van der Waals surface area contributed by atoms with E-state index in [0.717, 1.165) is 24.8 Å². The first kappa shape index (κ1) is 12.9. The predicted octanol–water partition coefficient (Wildman–Crippen LogP) is 3.95. The highest BCUT2D eigenvalue weighted by atomic mass is 16.5. The maximum Gasteiger partial charge on any atom is 0.316 e. The van der Waals surface area contributed by atoms with Crippen LogP contribution in [0.1, 0.15) is 24.8 Å². The van der Waals surface area contributed by atoms with Gasteiger partial charge >= 0.3 is 5.97 Å². The summed E-state index contributed by atoms with van der Waals surface area (Å²) in [6, 6.07) is 18.6. The molecule has 1 fully saturated rings. The van der Waals surface area contributed by atoms with Crippen molar-refractivity contribution in [3.63, 3.8) is 0 Å². The first-order valence-electron chi connectivity index (χ1n) is 7.01. The van der Waals surface area contributed by atoms with Crippen molar-refractivity contribution < 1.29 is 9.53 Å². The van der Waals surface area contributed by atoms with Crippen LogP contribution in [0.25, 0.3) is 11.1 Å². The SMILES string of the molecule is COC(=O)C1(c2ccc(-c3ccccc3)cc2)CCC1. The quantitative estimate of drug-likeness (QED) is 0.786. The van der Waals surface area contributed by atoms with E-state index in [9.17, 15) is 4.79 Å². The molecule has 0 aliphatic heterocycles. The number of carbonyl (C=O) groups excluding carboxylic acids is 1. The van der Waals surface area contributed by atoms with Crippen LogP contribution in [0, 0.1) is 0 Å². The van der Waals surface area contributed by atoms with Gasteiger partial charge in [-0.15, -0.1) is 0 Å². The molecular formula is C18H18O2. The molecule has 3 rings (SSSR count). The maximum absolute atomic E-state index is 12.0. The highest BCUT2D eigenvalue weighted by molar-refractivity contribution is 5.84. The molecule has 0 amide bonds. The van der Waals surface area contributed by atoms with E-state index in [1.165, 1.54) is 18.2 Å². The summed E-state index contributed by atoms with van der Waals surface area (Å²) >= 11 is 0. The Morgan fingerprint density at radius 3 is 2.05 bits per heavy atom. The number of methoxy groups -OCH3 is 1. The van der Waals surface area contributed by atoms with Crippen LogP contribution in [-0.4, -0.2) is 13.1 Å². The summed E-state index contributed by atoms with van der Waals surface area (Å²) in [5.41, 5.74) is 3.05. The second kappa shape index (κ2) is 5.12. The largest absolute Gasteiger partial charge is 0.468 e. The Balaban J connectivity index is 1.92. The van der Waals surface area contributed by atoms with E-state index < -0.39 is 5.41 Å². The molecule has 0 saturated heterocycles. The molecule has 1 saturated carbocycles. The summed E-state index contributed by atoms with van der Waals surface area (Å²) in [5.74, 6) is -0.101. The first-order chi connectivity index (χ1) is 9.76. The second-order valence-electron chi connectivity index (χ2n) is 5.37. The lowest BCUT2D eigenvalue weighted by Crippen LogP contribution is -2.43. The van der Waals surface area contributed by atoms with E-state index in [1.807, 2.05) is 18.2 Å². The molecule has 0 spiro atoms. The first-order valence-corrected chi connectivity index (χ1v) is 7.01. The van der Waals surface area contributed by atoms with Crippen molar-refractivity contribution in [1.82, 2.24) is 0 Å². The monoisotopic (exact) mass is 266 g/mol. The normalized spacial score (nSPS) is 16.2. The molecule has 0 atom stereocenters. The third-order valence-corrected chi connectivity index (χ3v) is 4.33. The fraction of sp³-hybridized carbons (Fsp3) is 0.278. The zero-order valence-electron chi connectivity index (χ0n) is 11.6. The summed E-state index contributed by atoms with van der Waals surface area (Å²) in [6.45, 7) is 0. The van der Waals surface area contributed by atoms with Gasteiger partial charge in [0, 0.05) is 0 Å². The highest BCUT2D eigenvalue weighted by Crippen LogP contribution is 2.45. The van der Waals surface area contributed by atoms with Crippen LogP contribution in [0.4, 0.5) is 0 Å². The van der Waals surface area contributed by atoms with Crippen LogP contribution >= 0.6 is 0 Å². The van der Waals surface area contributed by atoms with Crippen molar-refractivity contribution in [1.29, 1.82) is 0 Å². The van der Waals surface area contributed by atoms with Crippen molar-refractivity contribution >= 4 is 5.97 Å². The van der Waals surface area contributed by atoms with Crippen LogP contribution in [0.5, 0.6) is 0 Å². The third-order valence-electron chi connectivity index (χ3n) is 4.33. The Morgan fingerprint density at radius 2 is 1.55 bits per heavy atom. The molecule has 1 aliphatic rings. The van der Waals surface area contributed by atoms with E-state index in [1.54, 1.807) is 0 Å². The minimum atomic E-state index is -0.399. The van der Waals surface area contributed by atoms with Gasteiger partial charge < -0.3 is 4.74 Å².